The van der Waals surface area contributed by atoms with Crippen molar-refractivity contribution in [3.8, 4) is 11.8 Å². The van der Waals surface area contributed by atoms with Crippen LogP contribution in [0.4, 0.5) is 0 Å². The number of hydrogen-bond acceptors (Lipinski definition) is 4. The minimum Gasteiger partial charge on any atom is -0.393 e. The normalized spacial score (nSPS) is 65.6. The number of aliphatic hydroxyl groups is 4. The molecule has 3 unspecified atom stereocenters. The van der Waals surface area contributed by atoms with Crippen molar-refractivity contribution in [3.63, 3.8) is 0 Å². The van der Waals surface area contributed by atoms with E-state index in [4.69, 9.17) is 0 Å². The van der Waals surface area contributed by atoms with Gasteiger partial charge in [-0.15, -0.1) is 0 Å². The fourth-order valence-corrected chi connectivity index (χ4v) is 9.57. The molecule has 6 rings (SSSR count). The Morgan fingerprint density at radius 2 is 1.64 bits per heavy atom. The summed E-state index contributed by atoms with van der Waals surface area (Å²) in [5.74, 6) is 9.14. The molecule has 4 nitrogen and oxygen atoms in total. The molecular formula is C24H34O4. The van der Waals surface area contributed by atoms with E-state index in [0.29, 0.717) is 41.9 Å². The number of aliphatic hydroxyl groups excluding tert-OH is 2. The van der Waals surface area contributed by atoms with Crippen LogP contribution in [0.25, 0.3) is 0 Å². The summed E-state index contributed by atoms with van der Waals surface area (Å²) < 4.78 is 0. The van der Waals surface area contributed by atoms with E-state index in [1.54, 1.807) is 0 Å². The zero-order chi connectivity index (χ0) is 19.7. The van der Waals surface area contributed by atoms with E-state index < -0.39 is 11.2 Å². The monoisotopic (exact) mass is 386 g/mol. The average Bonchev–Trinajstić information content (AvgIpc) is 3.54. The molecule has 0 saturated heterocycles. The summed E-state index contributed by atoms with van der Waals surface area (Å²) in [6, 6.07) is 0. The molecule has 6 fully saturated rings. The van der Waals surface area contributed by atoms with Crippen molar-refractivity contribution >= 4 is 0 Å². The molecule has 6 aliphatic carbocycles. The fraction of sp³-hybridized carbons (Fsp3) is 0.917. The van der Waals surface area contributed by atoms with E-state index in [0.717, 1.165) is 38.5 Å². The SMILES string of the molecule is C[C@]12CCC3C(C1[C@@H]1C[C@@H]1[C@]2(O)C#CCO)[C@H]1C[C@H]1[C@]1(O)C[C@@H](O)CC[C@]31C. The lowest BCUT2D eigenvalue weighted by molar-refractivity contribution is -0.233. The molecule has 4 heteroatoms. The van der Waals surface area contributed by atoms with Crippen LogP contribution in [-0.2, 0) is 0 Å². The van der Waals surface area contributed by atoms with Crippen LogP contribution in [0.1, 0.15) is 58.8 Å². The molecule has 12 atom stereocenters. The Morgan fingerprint density at radius 1 is 0.929 bits per heavy atom. The van der Waals surface area contributed by atoms with Crippen LogP contribution >= 0.6 is 0 Å². The largest absolute Gasteiger partial charge is 0.393 e. The molecule has 0 aromatic carbocycles. The Labute approximate surface area is 167 Å². The van der Waals surface area contributed by atoms with E-state index in [9.17, 15) is 20.4 Å². The van der Waals surface area contributed by atoms with Crippen molar-refractivity contribution in [2.75, 3.05) is 6.61 Å². The Hall–Kier alpha value is -0.600. The van der Waals surface area contributed by atoms with Gasteiger partial charge >= 0.3 is 0 Å². The van der Waals surface area contributed by atoms with Crippen molar-refractivity contribution in [1.29, 1.82) is 0 Å². The van der Waals surface area contributed by atoms with E-state index in [1.165, 1.54) is 0 Å². The molecular weight excluding hydrogens is 352 g/mol. The van der Waals surface area contributed by atoms with Crippen LogP contribution in [0.2, 0.25) is 0 Å². The molecule has 0 amide bonds. The fourth-order valence-electron chi connectivity index (χ4n) is 9.57. The third-order valence-corrected chi connectivity index (χ3v) is 11.0. The number of hydrogen-bond donors (Lipinski definition) is 4. The number of fused-ring (bicyclic) bond motifs is 10. The van der Waals surface area contributed by atoms with Gasteiger partial charge in [-0.25, -0.2) is 0 Å². The van der Waals surface area contributed by atoms with Gasteiger partial charge in [0, 0.05) is 17.8 Å². The summed E-state index contributed by atoms with van der Waals surface area (Å²) in [5.41, 5.74) is -1.98. The first-order valence-corrected chi connectivity index (χ1v) is 11.4. The minimum absolute atomic E-state index is 0.113. The molecule has 0 heterocycles. The molecule has 4 N–H and O–H groups in total. The highest BCUT2D eigenvalue weighted by molar-refractivity contribution is 5.36. The summed E-state index contributed by atoms with van der Waals surface area (Å²) in [7, 11) is 0. The van der Waals surface area contributed by atoms with Crippen LogP contribution in [0.15, 0.2) is 0 Å². The van der Waals surface area contributed by atoms with Gasteiger partial charge in [0.2, 0.25) is 0 Å². The molecule has 0 aromatic heterocycles. The van der Waals surface area contributed by atoms with Crippen LogP contribution in [0.5, 0.6) is 0 Å². The Bertz CT molecular complexity index is 785. The second kappa shape index (κ2) is 5.17. The Kier molecular flexibility index (Phi) is 3.36. The predicted octanol–water partition coefficient (Wildman–Crippen LogP) is 1.94. The van der Waals surface area contributed by atoms with E-state index in [2.05, 4.69) is 25.7 Å². The summed E-state index contributed by atoms with van der Waals surface area (Å²) in [4.78, 5) is 0. The molecule has 6 aliphatic rings. The molecule has 6 saturated carbocycles. The zero-order valence-corrected chi connectivity index (χ0v) is 17.1. The van der Waals surface area contributed by atoms with Gasteiger partial charge in [-0.3, -0.25) is 0 Å². The van der Waals surface area contributed by atoms with Crippen molar-refractivity contribution in [3.05, 3.63) is 0 Å². The third-order valence-electron chi connectivity index (χ3n) is 11.0. The van der Waals surface area contributed by atoms with Gasteiger partial charge in [-0.1, -0.05) is 25.7 Å². The van der Waals surface area contributed by atoms with E-state index >= 15 is 0 Å². The quantitative estimate of drug-likeness (QED) is 0.480. The van der Waals surface area contributed by atoms with Gasteiger partial charge in [0.25, 0.3) is 0 Å². The summed E-state index contributed by atoms with van der Waals surface area (Å²) >= 11 is 0. The first-order chi connectivity index (χ1) is 13.2. The third kappa shape index (κ3) is 1.81. The van der Waals surface area contributed by atoms with Gasteiger partial charge in [0.1, 0.15) is 12.2 Å². The van der Waals surface area contributed by atoms with Gasteiger partial charge in [0.15, 0.2) is 0 Å². The lowest BCUT2D eigenvalue weighted by Gasteiger charge is -2.64. The zero-order valence-electron chi connectivity index (χ0n) is 17.1. The topological polar surface area (TPSA) is 80.9 Å². The van der Waals surface area contributed by atoms with E-state index in [-0.39, 0.29) is 29.5 Å². The first-order valence-electron chi connectivity index (χ1n) is 11.4. The van der Waals surface area contributed by atoms with Gasteiger partial charge in [-0.05, 0) is 79.4 Å². The standard InChI is InChI=1S/C24H34O4/c1-21-7-4-13(26)12-24(21,28)17-10-14(17)19-16(21)5-8-22(2)20(19)15-11-18(15)23(22,27)6-3-9-25/h13-20,25-28H,4-5,7-12H2,1-2H3/t13-,14-,15+,16?,17+,18-,19?,20?,21+,22-,23+,24+/m0/s1. The highest BCUT2D eigenvalue weighted by Gasteiger charge is 2.81. The van der Waals surface area contributed by atoms with Crippen LogP contribution in [0.3, 0.4) is 0 Å². The molecule has 154 valence electrons. The predicted molar refractivity (Wildman–Crippen MR) is 104 cm³/mol. The maximum atomic E-state index is 11.8. The highest BCUT2D eigenvalue weighted by Crippen LogP contribution is 2.81. The smallest absolute Gasteiger partial charge is 0.134 e. The molecule has 0 radical (unpaired) electrons. The summed E-state index contributed by atoms with van der Waals surface area (Å²) in [5, 5.41) is 43.1. The van der Waals surface area contributed by atoms with Gasteiger partial charge in [-0.2, -0.15) is 0 Å². The maximum absolute atomic E-state index is 11.8. The molecule has 0 bridgehead atoms. The second-order valence-electron chi connectivity index (χ2n) is 11.6. The average molecular weight is 387 g/mol. The van der Waals surface area contributed by atoms with Gasteiger partial charge < -0.3 is 20.4 Å². The summed E-state index contributed by atoms with van der Waals surface area (Å²) in [6.07, 6.45) is 6.06. The van der Waals surface area contributed by atoms with Crippen LogP contribution in [0, 0.1) is 64.1 Å². The Morgan fingerprint density at radius 3 is 2.39 bits per heavy atom. The highest BCUT2D eigenvalue weighted by atomic mass is 16.3. The lowest BCUT2D eigenvalue weighted by atomic mass is 9.42. The summed E-state index contributed by atoms with van der Waals surface area (Å²) in [6.45, 7) is 4.38. The first kappa shape index (κ1) is 18.2. The van der Waals surface area contributed by atoms with Crippen molar-refractivity contribution in [2.45, 2.75) is 76.1 Å². The Balaban J connectivity index is 1.42. The second-order valence-corrected chi connectivity index (χ2v) is 11.6. The maximum Gasteiger partial charge on any atom is 0.134 e. The van der Waals surface area contributed by atoms with Crippen LogP contribution < -0.4 is 0 Å². The molecule has 0 spiro atoms. The molecule has 0 aromatic rings. The lowest BCUT2D eigenvalue weighted by Crippen LogP contribution is -2.65. The van der Waals surface area contributed by atoms with Crippen molar-refractivity contribution < 1.29 is 20.4 Å². The molecule has 28 heavy (non-hydrogen) atoms. The van der Waals surface area contributed by atoms with Gasteiger partial charge in [0.05, 0.1) is 11.7 Å². The van der Waals surface area contributed by atoms with Crippen molar-refractivity contribution in [2.24, 2.45) is 52.3 Å². The molecule has 0 aliphatic heterocycles. The number of rotatable bonds is 0. The van der Waals surface area contributed by atoms with E-state index in [1.807, 2.05) is 0 Å². The van der Waals surface area contributed by atoms with Crippen molar-refractivity contribution in [1.82, 2.24) is 0 Å². The van der Waals surface area contributed by atoms with Crippen LogP contribution in [-0.4, -0.2) is 44.3 Å². The minimum atomic E-state index is -0.960.